The van der Waals surface area contributed by atoms with Gasteiger partial charge in [0.05, 0.1) is 13.5 Å². The number of fused-ring (bicyclic) bond motifs is 1. The third kappa shape index (κ3) is 3.51. The van der Waals surface area contributed by atoms with Gasteiger partial charge in [-0.25, -0.2) is 4.98 Å². The maximum absolute atomic E-state index is 12.1. The minimum Gasteiger partial charge on any atom is -0.496 e. The van der Waals surface area contributed by atoms with Crippen molar-refractivity contribution >= 4 is 17.0 Å². The lowest BCUT2D eigenvalue weighted by molar-refractivity contribution is -0.120. The summed E-state index contributed by atoms with van der Waals surface area (Å²) in [5.41, 5.74) is 3.36. The number of carbonyl (C=O) groups is 1. The Hall–Kier alpha value is -2.82. The summed E-state index contributed by atoms with van der Waals surface area (Å²) in [5.74, 6) is 1.34. The van der Waals surface area contributed by atoms with Crippen LogP contribution in [0, 0.1) is 6.92 Å². The Labute approximate surface area is 134 Å². The van der Waals surface area contributed by atoms with Gasteiger partial charge in [-0.05, 0) is 23.8 Å². The smallest absolute Gasteiger partial charge is 0.224 e. The molecule has 0 bridgehead atoms. The molecule has 0 spiro atoms. The van der Waals surface area contributed by atoms with E-state index in [1.54, 1.807) is 14.0 Å². The van der Waals surface area contributed by atoms with Gasteiger partial charge in [0.15, 0.2) is 11.5 Å². The number of hydrogen-bond donors (Lipinski definition) is 1. The molecule has 1 amide bonds. The van der Waals surface area contributed by atoms with Crippen LogP contribution in [-0.2, 0) is 17.8 Å². The van der Waals surface area contributed by atoms with Crippen LogP contribution >= 0.6 is 0 Å². The lowest BCUT2D eigenvalue weighted by Gasteiger charge is -2.09. The Morgan fingerprint density at radius 1 is 1.26 bits per heavy atom. The van der Waals surface area contributed by atoms with Crippen molar-refractivity contribution < 1.29 is 13.9 Å². The number of carbonyl (C=O) groups excluding carboxylic acids is 1. The van der Waals surface area contributed by atoms with E-state index in [1.807, 2.05) is 42.5 Å². The van der Waals surface area contributed by atoms with Crippen LogP contribution in [0.5, 0.6) is 5.75 Å². The molecule has 5 nitrogen and oxygen atoms in total. The zero-order valence-electron chi connectivity index (χ0n) is 13.1. The molecule has 0 saturated carbocycles. The molecule has 0 radical (unpaired) electrons. The van der Waals surface area contributed by atoms with Crippen molar-refractivity contribution in [1.82, 2.24) is 10.3 Å². The topological polar surface area (TPSA) is 64.4 Å². The number of amides is 1. The minimum absolute atomic E-state index is 0.0495. The molecule has 0 aliphatic carbocycles. The van der Waals surface area contributed by atoms with Gasteiger partial charge in [0.25, 0.3) is 0 Å². The van der Waals surface area contributed by atoms with E-state index in [2.05, 4.69) is 10.3 Å². The molecule has 118 valence electrons. The molecule has 1 N–H and O–H groups in total. The Kier molecular flexibility index (Phi) is 4.28. The number of nitrogens with one attached hydrogen (secondary N) is 1. The summed E-state index contributed by atoms with van der Waals surface area (Å²) in [7, 11) is 1.62. The predicted molar refractivity (Wildman–Crippen MR) is 87.3 cm³/mol. The highest BCUT2D eigenvalue weighted by Gasteiger charge is 2.08. The van der Waals surface area contributed by atoms with E-state index >= 15 is 0 Å². The zero-order chi connectivity index (χ0) is 16.2. The standard InChI is InChI=1S/C18H18N2O3/c1-12-20-15-8-7-13(9-17(15)23-12)10-18(21)19-11-14-5-3-4-6-16(14)22-2/h3-9H,10-11H2,1-2H3,(H,19,21). The molecule has 0 aliphatic heterocycles. The molecule has 0 fully saturated rings. The fourth-order valence-electron chi connectivity index (χ4n) is 2.48. The van der Waals surface area contributed by atoms with Gasteiger partial charge in [-0.1, -0.05) is 24.3 Å². The van der Waals surface area contributed by atoms with Crippen molar-refractivity contribution in [3.8, 4) is 5.75 Å². The molecule has 0 atom stereocenters. The van der Waals surface area contributed by atoms with E-state index in [1.165, 1.54) is 0 Å². The number of nitrogens with zero attached hydrogens (tertiary/aromatic N) is 1. The molecule has 0 saturated heterocycles. The molecule has 5 heteroatoms. The second-order valence-electron chi connectivity index (χ2n) is 5.30. The number of methoxy groups -OCH3 is 1. The molecule has 2 aromatic carbocycles. The first-order chi connectivity index (χ1) is 11.2. The maximum Gasteiger partial charge on any atom is 0.224 e. The summed E-state index contributed by atoms with van der Waals surface area (Å²) in [4.78, 5) is 16.4. The number of aryl methyl sites for hydroxylation is 1. The monoisotopic (exact) mass is 310 g/mol. The van der Waals surface area contributed by atoms with E-state index in [0.717, 1.165) is 22.4 Å². The molecule has 0 unspecified atom stereocenters. The summed E-state index contributed by atoms with van der Waals surface area (Å²) < 4.78 is 10.8. The fourth-order valence-corrected chi connectivity index (χ4v) is 2.48. The van der Waals surface area contributed by atoms with Gasteiger partial charge in [0, 0.05) is 19.0 Å². The summed E-state index contributed by atoms with van der Waals surface area (Å²) in [6, 6.07) is 13.3. The van der Waals surface area contributed by atoms with Crippen molar-refractivity contribution in [2.45, 2.75) is 19.9 Å². The quantitative estimate of drug-likeness (QED) is 0.787. The Morgan fingerprint density at radius 3 is 2.91 bits per heavy atom. The van der Waals surface area contributed by atoms with Crippen molar-refractivity contribution in [1.29, 1.82) is 0 Å². The third-order valence-electron chi connectivity index (χ3n) is 3.59. The van der Waals surface area contributed by atoms with E-state index < -0.39 is 0 Å². The second-order valence-corrected chi connectivity index (χ2v) is 5.30. The summed E-state index contributed by atoms with van der Waals surface area (Å²) in [6.07, 6.45) is 0.296. The average Bonchev–Trinajstić information content (AvgIpc) is 2.92. The molecule has 3 aromatic rings. The highest BCUT2D eigenvalue weighted by atomic mass is 16.5. The predicted octanol–water partition coefficient (Wildman–Crippen LogP) is 3.00. The van der Waals surface area contributed by atoms with Crippen molar-refractivity contribution in [2.24, 2.45) is 0 Å². The molecule has 1 aromatic heterocycles. The maximum atomic E-state index is 12.1. The van der Waals surface area contributed by atoms with Gasteiger partial charge in [0.2, 0.25) is 5.91 Å². The van der Waals surface area contributed by atoms with E-state index in [4.69, 9.17) is 9.15 Å². The van der Waals surface area contributed by atoms with Gasteiger partial charge >= 0.3 is 0 Å². The SMILES string of the molecule is COc1ccccc1CNC(=O)Cc1ccc2nc(C)oc2c1. The molecular formula is C18H18N2O3. The van der Waals surface area contributed by atoms with Crippen LogP contribution in [0.2, 0.25) is 0 Å². The third-order valence-corrected chi connectivity index (χ3v) is 3.59. The minimum atomic E-state index is -0.0495. The first kappa shape index (κ1) is 15.1. The number of benzene rings is 2. The lowest BCUT2D eigenvalue weighted by atomic mass is 10.1. The van der Waals surface area contributed by atoms with Crippen LogP contribution in [0.25, 0.3) is 11.1 Å². The normalized spacial score (nSPS) is 10.7. The number of para-hydroxylation sites is 1. The molecule has 23 heavy (non-hydrogen) atoms. The Balaban J connectivity index is 1.64. The average molecular weight is 310 g/mol. The first-order valence-corrected chi connectivity index (χ1v) is 7.40. The number of ether oxygens (including phenoxy) is 1. The van der Waals surface area contributed by atoms with Gasteiger partial charge in [-0.15, -0.1) is 0 Å². The summed E-state index contributed by atoms with van der Waals surface area (Å²) in [6.45, 7) is 2.24. The van der Waals surface area contributed by atoms with Crippen molar-refractivity contribution in [3.05, 3.63) is 59.5 Å². The van der Waals surface area contributed by atoms with Crippen molar-refractivity contribution in [2.75, 3.05) is 7.11 Å². The molecule has 1 heterocycles. The summed E-state index contributed by atoms with van der Waals surface area (Å²) >= 11 is 0. The highest BCUT2D eigenvalue weighted by molar-refractivity contribution is 5.81. The van der Waals surface area contributed by atoms with Crippen LogP contribution in [0.15, 0.2) is 46.9 Å². The van der Waals surface area contributed by atoms with Crippen LogP contribution in [0.4, 0.5) is 0 Å². The van der Waals surface area contributed by atoms with Gasteiger partial charge in [-0.2, -0.15) is 0 Å². The number of oxazole rings is 1. The van der Waals surface area contributed by atoms with E-state index in [0.29, 0.717) is 24.4 Å². The van der Waals surface area contributed by atoms with Gasteiger partial charge < -0.3 is 14.5 Å². The number of rotatable bonds is 5. The Morgan fingerprint density at radius 2 is 2.09 bits per heavy atom. The summed E-state index contributed by atoms with van der Waals surface area (Å²) in [5, 5.41) is 2.91. The largest absolute Gasteiger partial charge is 0.496 e. The number of aromatic nitrogens is 1. The fraction of sp³-hybridized carbons (Fsp3) is 0.222. The van der Waals surface area contributed by atoms with Crippen molar-refractivity contribution in [3.63, 3.8) is 0 Å². The molecule has 3 rings (SSSR count). The van der Waals surface area contributed by atoms with Crippen LogP contribution in [-0.4, -0.2) is 18.0 Å². The lowest BCUT2D eigenvalue weighted by Crippen LogP contribution is -2.24. The Bertz CT molecular complexity index is 839. The van der Waals surface area contributed by atoms with E-state index in [-0.39, 0.29) is 5.91 Å². The molecule has 0 aliphatic rings. The first-order valence-electron chi connectivity index (χ1n) is 7.40. The van der Waals surface area contributed by atoms with E-state index in [9.17, 15) is 4.79 Å². The molecular weight excluding hydrogens is 292 g/mol. The van der Waals surface area contributed by atoms with Crippen LogP contribution in [0.3, 0.4) is 0 Å². The van der Waals surface area contributed by atoms with Gasteiger partial charge in [-0.3, -0.25) is 4.79 Å². The highest BCUT2D eigenvalue weighted by Crippen LogP contribution is 2.18. The zero-order valence-corrected chi connectivity index (χ0v) is 13.1. The second kappa shape index (κ2) is 6.52. The van der Waals surface area contributed by atoms with Crippen LogP contribution in [0.1, 0.15) is 17.0 Å². The van der Waals surface area contributed by atoms with Gasteiger partial charge in [0.1, 0.15) is 11.3 Å². The number of hydrogen-bond acceptors (Lipinski definition) is 4. The van der Waals surface area contributed by atoms with Crippen LogP contribution < -0.4 is 10.1 Å².